The molecule has 0 saturated heterocycles. The van der Waals surface area contributed by atoms with E-state index in [2.05, 4.69) is 15.9 Å². The number of hydrogen-bond acceptors (Lipinski definition) is 5. The minimum absolute atomic E-state index is 0.0148. The summed E-state index contributed by atoms with van der Waals surface area (Å²) >= 11 is 5.10. The highest BCUT2D eigenvalue weighted by atomic mass is 79.9. The van der Waals surface area contributed by atoms with Crippen LogP contribution in [0.2, 0.25) is 0 Å². The zero-order chi connectivity index (χ0) is 24.6. The molecule has 0 spiro atoms. The van der Waals surface area contributed by atoms with Gasteiger partial charge in [-0.25, -0.2) is 9.28 Å². The summed E-state index contributed by atoms with van der Waals surface area (Å²) in [5.41, 5.74) is 3.68. The molecule has 2 heterocycles. The van der Waals surface area contributed by atoms with Crippen molar-refractivity contribution in [3.63, 3.8) is 0 Å². The zero-order valence-corrected chi connectivity index (χ0v) is 22.0. The summed E-state index contributed by atoms with van der Waals surface area (Å²) in [7, 11) is 1.65. The van der Waals surface area contributed by atoms with E-state index in [1.165, 1.54) is 11.3 Å². The predicted molar refractivity (Wildman–Crippen MR) is 145 cm³/mol. The number of aliphatic imine (C=N–C) groups is 1. The van der Waals surface area contributed by atoms with E-state index in [9.17, 15) is 9.90 Å². The zero-order valence-electron chi connectivity index (χ0n) is 19.6. The highest BCUT2D eigenvalue weighted by Crippen LogP contribution is 2.45. The van der Waals surface area contributed by atoms with Crippen LogP contribution in [0.15, 0.2) is 76.2 Å². The summed E-state index contributed by atoms with van der Waals surface area (Å²) in [6.07, 6.45) is 1.79. The molecule has 1 aliphatic rings. The van der Waals surface area contributed by atoms with Crippen LogP contribution in [0.1, 0.15) is 39.9 Å². The number of amides is 1. The summed E-state index contributed by atoms with van der Waals surface area (Å²) in [6.45, 7) is 2.93. The third kappa shape index (κ3) is 4.34. The molecular formula is C28H26BrN2O3S+. The number of fused-ring (bicyclic) bond motifs is 3. The lowest BCUT2D eigenvalue weighted by Crippen LogP contribution is -2.51. The molecule has 0 radical (unpaired) electrons. The second-order valence-electron chi connectivity index (χ2n) is 8.93. The third-order valence-corrected chi connectivity index (χ3v) is 8.20. The number of aliphatic hydroxyl groups is 1. The monoisotopic (exact) mass is 549 g/mol. The van der Waals surface area contributed by atoms with Gasteiger partial charge >= 0.3 is 5.91 Å². The van der Waals surface area contributed by atoms with Crippen molar-refractivity contribution < 1.29 is 19.1 Å². The van der Waals surface area contributed by atoms with Crippen LogP contribution in [-0.2, 0) is 13.1 Å². The van der Waals surface area contributed by atoms with Crippen molar-refractivity contribution in [1.29, 1.82) is 0 Å². The summed E-state index contributed by atoms with van der Waals surface area (Å²) < 4.78 is 7.61. The number of thiophene rings is 1. The molecule has 1 aliphatic heterocycles. The molecule has 1 aromatic heterocycles. The molecule has 1 N–H and O–H groups in total. The first-order valence-corrected chi connectivity index (χ1v) is 13.1. The lowest BCUT2D eigenvalue weighted by Gasteiger charge is -2.33. The van der Waals surface area contributed by atoms with Crippen molar-refractivity contribution in [2.75, 3.05) is 13.7 Å². The molecule has 35 heavy (non-hydrogen) atoms. The molecule has 1 amide bonds. The Morgan fingerprint density at radius 2 is 1.89 bits per heavy atom. The number of methoxy groups -OCH3 is 1. The minimum Gasteiger partial charge on any atom is -0.496 e. The Bertz CT molecular complexity index is 1430. The Balaban J connectivity index is 1.67. The van der Waals surface area contributed by atoms with E-state index in [0.717, 1.165) is 42.0 Å². The number of quaternary nitrogens is 1. The van der Waals surface area contributed by atoms with Crippen molar-refractivity contribution in [3.05, 3.63) is 93.5 Å². The second kappa shape index (κ2) is 9.66. The second-order valence-corrected chi connectivity index (χ2v) is 10.8. The summed E-state index contributed by atoms with van der Waals surface area (Å²) in [5.74, 6) is 0.730. The van der Waals surface area contributed by atoms with Gasteiger partial charge in [0, 0.05) is 32.6 Å². The van der Waals surface area contributed by atoms with Gasteiger partial charge in [0.1, 0.15) is 29.4 Å². The SMILES string of the molecule is COc1ccc(Br)cc1C[N+]1(Cc2ccccc2)C=Nc2sc3c(C(C)CO)cccc3c2C1=O. The van der Waals surface area contributed by atoms with Crippen LogP contribution in [0.4, 0.5) is 5.00 Å². The highest BCUT2D eigenvalue weighted by Gasteiger charge is 2.44. The fourth-order valence-corrected chi connectivity index (χ4v) is 6.38. The molecule has 5 nitrogen and oxygen atoms in total. The van der Waals surface area contributed by atoms with Gasteiger partial charge in [0.2, 0.25) is 0 Å². The Morgan fingerprint density at radius 1 is 1.09 bits per heavy atom. The number of ether oxygens (including phenoxy) is 1. The minimum atomic E-state index is -0.0209. The van der Waals surface area contributed by atoms with E-state index < -0.39 is 0 Å². The average molecular weight is 550 g/mol. The van der Waals surface area contributed by atoms with Crippen molar-refractivity contribution >= 4 is 54.6 Å². The number of carbonyl (C=O) groups excluding carboxylic acids is 1. The molecular weight excluding hydrogens is 524 g/mol. The molecule has 0 fully saturated rings. The molecule has 0 aliphatic carbocycles. The van der Waals surface area contributed by atoms with Gasteiger partial charge < -0.3 is 9.84 Å². The summed E-state index contributed by atoms with van der Waals surface area (Å²) in [6, 6.07) is 21.9. The predicted octanol–water partition coefficient (Wildman–Crippen LogP) is 6.80. The van der Waals surface area contributed by atoms with E-state index in [0.29, 0.717) is 18.7 Å². The molecule has 5 rings (SSSR count). The molecule has 7 heteroatoms. The Labute approximate surface area is 217 Å². The van der Waals surface area contributed by atoms with E-state index in [-0.39, 0.29) is 22.9 Å². The Kier molecular flexibility index (Phi) is 6.59. The number of halogens is 1. The topological polar surface area (TPSA) is 58.9 Å². The maximum atomic E-state index is 14.4. The highest BCUT2D eigenvalue weighted by molar-refractivity contribution is 9.10. The van der Waals surface area contributed by atoms with Crippen LogP contribution in [0.25, 0.3) is 10.1 Å². The summed E-state index contributed by atoms with van der Waals surface area (Å²) in [4.78, 5) is 19.3. The van der Waals surface area contributed by atoms with Crippen LogP contribution in [0.5, 0.6) is 5.75 Å². The molecule has 4 aromatic rings. The molecule has 2 unspecified atom stereocenters. The van der Waals surface area contributed by atoms with Gasteiger partial charge in [-0.05, 0) is 23.8 Å². The smallest absolute Gasteiger partial charge is 0.356 e. The van der Waals surface area contributed by atoms with Gasteiger partial charge in [-0.1, -0.05) is 71.4 Å². The van der Waals surface area contributed by atoms with E-state index >= 15 is 0 Å². The lowest BCUT2D eigenvalue weighted by molar-refractivity contribution is -0.779. The number of aliphatic hydroxyl groups excluding tert-OH is 1. The maximum absolute atomic E-state index is 14.4. The van der Waals surface area contributed by atoms with Crippen LogP contribution >= 0.6 is 27.3 Å². The first kappa shape index (κ1) is 23.9. The standard InChI is InChI=1S/C28H26BrN2O3S/c1-18(16-32)22-9-6-10-23-25-27(35-26(22)23)30-17-31(28(25)33,14-19-7-4-3-5-8-19)15-20-13-21(29)11-12-24(20)34-2/h3-13,17-18,32H,14-16H2,1-2H3/q+1. The van der Waals surface area contributed by atoms with Gasteiger partial charge in [0.25, 0.3) is 0 Å². The average Bonchev–Trinajstić information content (AvgIpc) is 3.26. The van der Waals surface area contributed by atoms with Crippen molar-refractivity contribution in [2.24, 2.45) is 4.99 Å². The van der Waals surface area contributed by atoms with Crippen LogP contribution in [0, 0.1) is 0 Å². The lowest BCUT2D eigenvalue weighted by atomic mass is 9.98. The Hall–Kier alpha value is -2.84. The number of rotatable bonds is 7. The maximum Gasteiger partial charge on any atom is 0.356 e. The Morgan fingerprint density at radius 3 is 2.63 bits per heavy atom. The van der Waals surface area contributed by atoms with Crippen molar-refractivity contribution in [3.8, 4) is 5.75 Å². The third-order valence-electron chi connectivity index (χ3n) is 6.55. The van der Waals surface area contributed by atoms with Crippen LogP contribution in [0.3, 0.4) is 0 Å². The fraction of sp³-hybridized carbons (Fsp3) is 0.214. The molecule has 178 valence electrons. The van der Waals surface area contributed by atoms with Crippen molar-refractivity contribution in [2.45, 2.75) is 25.9 Å². The van der Waals surface area contributed by atoms with Gasteiger partial charge in [0.15, 0.2) is 6.34 Å². The molecule has 0 saturated carbocycles. The normalized spacial score (nSPS) is 18.0. The van der Waals surface area contributed by atoms with Crippen LogP contribution < -0.4 is 4.74 Å². The van der Waals surface area contributed by atoms with Crippen molar-refractivity contribution in [1.82, 2.24) is 0 Å². The molecule has 3 aromatic carbocycles. The fourth-order valence-electron chi connectivity index (χ4n) is 4.72. The number of benzene rings is 3. The van der Waals surface area contributed by atoms with Gasteiger partial charge in [0.05, 0.1) is 12.7 Å². The van der Waals surface area contributed by atoms with Crippen LogP contribution in [-0.4, -0.2) is 35.6 Å². The summed E-state index contributed by atoms with van der Waals surface area (Å²) in [5, 5.41) is 11.4. The van der Waals surface area contributed by atoms with Gasteiger partial charge in [-0.3, -0.25) is 0 Å². The largest absolute Gasteiger partial charge is 0.496 e. The molecule has 2 atom stereocenters. The van der Waals surface area contributed by atoms with E-state index in [1.54, 1.807) is 13.4 Å². The number of carbonyl (C=O) groups is 1. The van der Waals surface area contributed by atoms with Gasteiger partial charge in [-0.2, -0.15) is 4.99 Å². The van der Waals surface area contributed by atoms with E-state index in [1.807, 2.05) is 73.7 Å². The first-order chi connectivity index (χ1) is 17.0. The molecule has 0 bridgehead atoms. The first-order valence-electron chi connectivity index (χ1n) is 11.5. The number of nitrogens with zero attached hydrogens (tertiary/aromatic N) is 2. The quantitative estimate of drug-likeness (QED) is 0.258. The number of hydrogen-bond donors (Lipinski definition) is 1. The van der Waals surface area contributed by atoms with Gasteiger partial charge in [-0.15, -0.1) is 11.3 Å². The van der Waals surface area contributed by atoms with E-state index in [4.69, 9.17) is 9.73 Å².